The molecule has 1 aromatic heterocycles. The number of thioether (sulfide) groups is 1. The molecule has 0 aliphatic rings. The number of aromatic nitrogens is 2. The van der Waals surface area contributed by atoms with Crippen LogP contribution in [-0.2, 0) is 6.54 Å². The van der Waals surface area contributed by atoms with Crippen molar-refractivity contribution in [1.29, 1.82) is 0 Å². The van der Waals surface area contributed by atoms with E-state index in [0.29, 0.717) is 17.9 Å². The third-order valence-electron chi connectivity index (χ3n) is 4.67. The van der Waals surface area contributed by atoms with Gasteiger partial charge in [0, 0.05) is 35.0 Å². The van der Waals surface area contributed by atoms with E-state index in [1.807, 2.05) is 60.9 Å². The lowest BCUT2D eigenvalue weighted by Crippen LogP contribution is -2.22. The highest BCUT2D eigenvalue weighted by Crippen LogP contribution is 2.22. The summed E-state index contributed by atoms with van der Waals surface area (Å²) in [5.41, 5.74) is 3.45. The van der Waals surface area contributed by atoms with Crippen LogP contribution in [0.1, 0.15) is 15.9 Å². The van der Waals surface area contributed by atoms with Gasteiger partial charge in [0.05, 0.1) is 0 Å². The zero-order valence-electron chi connectivity index (χ0n) is 17.0. The van der Waals surface area contributed by atoms with Gasteiger partial charge in [0.2, 0.25) is 0 Å². The van der Waals surface area contributed by atoms with Gasteiger partial charge in [0.15, 0.2) is 0 Å². The number of hydrogen-bond donors (Lipinski definition) is 1. The number of benzene rings is 3. The van der Waals surface area contributed by atoms with Crippen molar-refractivity contribution in [3.63, 3.8) is 0 Å². The molecule has 0 bridgehead atoms. The van der Waals surface area contributed by atoms with Crippen LogP contribution in [0.3, 0.4) is 0 Å². The summed E-state index contributed by atoms with van der Waals surface area (Å²) >= 11 is 1.70. The van der Waals surface area contributed by atoms with E-state index in [1.165, 1.54) is 4.90 Å². The highest BCUT2D eigenvalue weighted by Gasteiger charge is 2.07. The van der Waals surface area contributed by atoms with Gasteiger partial charge in [-0.2, -0.15) is 0 Å². The highest BCUT2D eigenvalue weighted by molar-refractivity contribution is 7.98. The maximum Gasteiger partial charge on any atom is 0.321 e. The van der Waals surface area contributed by atoms with Crippen LogP contribution in [0.15, 0.2) is 96.2 Å². The zero-order chi connectivity index (χ0) is 21.5. The summed E-state index contributed by atoms with van der Waals surface area (Å²) in [7, 11) is 0. The van der Waals surface area contributed by atoms with Crippen LogP contribution in [-0.4, -0.2) is 22.1 Å². The highest BCUT2D eigenvalue weighted by atomic mass is 32.2. The van der Waals surface area contributed by atoms with Gasteiger partial charge in [-0.25, -0.2) is 9.97 Å². The summed E-state index contributed by atoms with van der Waals surface area (Å²) in [5.74, 6) is 0.578. The molecule has 0 radical (unpaired) electrons. The van der Waals surface area contributed by atoms with E-state index in [2.05, 4.69) is 27.4 Å². The lowest BCUT2D eigenvalue weighted by Gasteiger charge is -2.08. The number of rotatable bonds is 7. The van der Waals surface area contributed by atoms with Crippen LogP contribution < -0.4 is 10.1 Å². The molecule has 0 saturated carbocycles. The van der Waals surface area contributed by atoms with E-state index in [9.17, 15) is 4.79 Å². The molecule has 0 fully saturated rings. The van der Waals surface area contributed by atoms with E-state index in [4.69, 9.17) is 4.74 Å². The number of nitrogens with zero attached hydrogens (tertiary/aromatic N) is 2. The van der Waals surface area contributed by atoms with Crippen LogP contribution in [0.25, 0.3) is 11.1 Å². The molecule has 4 rings (SSSR count). The number of amides is 1. The lowest BCUT2D eigenvalue weighted by atomic mass is 10.1. The smallest absolute Gasteiger partial charge is 0.321 e. The van der Waals surface area contributed by atoms with Crippen LogP contribution in [0, 0.1) is 0 Å². The van der Waals surface area contributed by atoms with E-state index in [-0.39, 0.29) is 11.9 Å². The van der Waals surface area contributed by atoms with Gasteiger partial charge in [-0.3, -0.25) is 4.79 Å². The summed E-state index contributed by atoms with van der Waals surface area (Å²) < 4.78 is 5.62. The fourth-order valence-corrected chi connectivity index (χ4v) is 3.36. The number of nitrogens with one attached hydrogen (secondary N) is 1. The Morgan fingerprint density at radius 3 is 2.19 bits per heavy atom. The van der Waals surface area contributed by atoms with Crippen molar-refractivity contribution in [3.8, 4) is 22.9 Å². The average Bonchev–Trinajstić information content (AvgIpc) is 2.84. The van der Waals surface area contributed by atoms with Gasteiger partial charge in [-0.05, 0) is 53.8 Å². The van der Waals surface area contributed by atoms with E-state index in [1.54, 1.807) is 36.3 Å². The predicted molar refractivity (Wildman–Crippen MR) is 123 cm³/mol. The van der Waals surface area contributed by atoms with Gasteiger partial charge in [-0.15, -0.1) is 11.8 Å². The standard InChI is InChI=1S/C25H21N3O2S/c1-31-23-13-7-18(8-14-23)15-26-24(29)20-11-9-19(10-12-20)21-16-27-25(28-17-21)30-22-5-3-2-4-6-22/h2-14,16-17H,15H2,1H3,(H,26,29). The zero-order valence-corrected chi connectivity index (χ0v) is 17.8. The average molecular weight is 428 g/mol. The SMILES string of the molecule is CSc1ccc(CNC(=O)c2ccc(-c3cnc(Oc4ccccc4)nc3)cc2)cc1. The molecule has 5 nitrogen and oxygen atoms in total. The fourth-order valence-electron chi connectivity index (χ4n) is 2.95. The monoisotopic (exact) mass is 427 g/mol. The van der Waals surface area contributed by atoms with Crippen LogP contribution in [0.4, 0.5) is 0 Å². The van der Waals surface area contributed by atoms with Crippen LogP contribution in [0.5, 0.6) is 11.8 Å². The number of para-hydroxylation sites is 1. The Hall–Kier alpha value is -3.64. The van der Waals surface area contributed by atoms with Crippen molar-refractivity contribution in [1.82, 2.24) is 15.3 Å². The minimum Gasteiger partial charge on any atom is -0.424 e. The third kappa shape index (κ3) is 5.49. The maximum atomic E-state index is 12.5. The molecule has 6 heteroatoms. The van der Waals surface area contributed by atoms with Gasteiger partial charge in [0.1, 0.15) is 5.75 Å². The molecule has 0 unspecified atom stereocenters. The lowest BCUT2D eigenvalue weighted by molar-refractivity contribution is 0.0951. The summed E-state index contributed by atoms with van der Waals surface area (Å²) in [4.78, 5) is 22.2. The molecule has 4 aromatic rings. The van der Waals surface area contributed by atoms with Gasteiger partial charge < -0.3 is 10.1 Å². The molecular formula is C25H21N3O2S. The third-order valence-corrected chi connectivity index (χ3v) is 5.42. The van der Waals surface area contributed by atoms with E-state index in [0.717, 1.165) is 16.7 Å². The van der Waals surface area contributed by atoms with Crippen molar-refractivity contribution >= 4 is 17.7 Å². The summed E-state index contributed by atoms with van der Waals surface area (Å²) in [5, 5.41) is 2.96. The first-order valence-corrected chi connectivity index (χ1v) is 11.0. The van der Waals surface area contributed by atoms with Crippen LogP contribution >= 0.6 is 11.8 Å². The number of ether oxygens (including phenoxy) is 1. The Morgan fingerprint density at radius 2 is 1.55 bits per heavy atom. The second kappa shape index (κ2) is 9.91. The van der Waals surface area contributed by atoms with Gasteiger partial charge in [0.25, 0.3) is 5.91 Å². The predicted octanol–water partition coefficient (Wildman–Crippen LogP) is 5.59. The topological polar surface area (TPSA) is 64.1 Å². The first-order chi connectivity index (χ1) is 15.2. The number of carbonyl (C=O) groups is 1. The largest absolute Gasteiger partial charge is 0.424 e. The Bertz CT molecular complexity index is 1130. The van der Waals surface area contributed by atoms with Crippen molar-refractivity contribution in [2.24, 2.45) is 0 Å². The second-order valence-corrected chi connectivity index (χ2v) is 7.66. The number of carbonyl (C=O) groups excluding carboxylic acids is 1. The second-order valence-electron chi connectivity index (χ2n) is 6.78. The molecule has 0 aliphatic carbocycles. The molecule has 0 atom stereocenters. The van der Waals surface area contributed by atoms with Crippen molar-refractivity contribution in [2.75, 3.05) is 6.26 Å². The fraction of sp³-hybridized carbons (Fsp3) is 0.0800. The molecule has 1 amide bonds. The summed E-state index contributed by atoms with van der Waals surface area (Å²) in [6.07, 6.45) is 5.45. The Labute approximate surface area is 185 Å². The number of hydrogen-bond acceptors (Lipinski definition) is 5. The summed E-state index contributed by atoms with van der Waals surface area (Å²) in [6.45, 7) is 0.492. The van der Waals surface area contributed by atoms with Crippen molar-refractivity contribution < 1.29 is 9.53 Å². The maximum absolute atomic E-state index is 12.5. The molecule has 1 heterocycles. The first kappa shape index (κ1) is 20.6. The van der Waals surface area contributed by atoms with E-state index < -0.39 is 0 Å². The molecule has 31 heavy (non-hydrogen) atoms. The molecule has 0 saturated heterocycles. The molecular weight excluding hydrogens is 406 g/mol. The minimum absolute atomic E-state index is 0.108. The van der Waals surface area contributed by atoms with E-state index >= 15 is 0 Å². The molecule has 1 N–H and O–H groups in total. The van der Waals surface area contributed by atoms with Crippen LogP contribution in [0.2, 0.25) is 0 Å². The minimum atomic E-state index is -0.108. The normalized spacial score (nSPS) is 10.5. The summed E-state index contributed by atoms with van der Waals surface area (Å²) in [6, 6.07) is 25.2. The molecule has 154 valence electrons. The Balaban J connectivity index is 1.36. The van der Waals surface area contributed by atoms with Crippen molar-refractivity contribution in [3.05, 3.63) is 102 Å². The molecule has 0 spiro atoms. The first-order valence-electron chi connectivity index (χ1n) is 9.78. The Morgan fingerprint density at radius 1 is 0.871 bits per heavy atom. The molecule has 0 aliphatic heterocycles. The van der Waals surface area contributed by atoms with Gasteiger partial charge in [-0.1, -0.05) is 42.5 Å². The van der Waals surface area contributed by atoms with Crippen molar-refractivity contribution in [2.45, 2.75) is 11.4 Å². The quantitative estimate of drug-likeness (QED) is 0.390. The Kier molecular flexibility index (Phi) is 6.59. The molecule has 3 aromatic carbocycles. The van der Waals surface area contributed by atoms with Gasteiger partial charge >= 0.3 is 6.01 Å².